The molecule has 0 atom stereocenters. The Hall–Kier alpha value is -3.12. The fraction of sp³-hybridized carbons (Fsp3) is 0.500. The van der Waals surface area contributed by atoms with E-state index in [0.717, 1.165) is 57.2 Å². The molecule has 0 bridgehead atoms. The maximum absolute atomic E-state index is 11.7. The van der Waals surface area contributed by atoms with Gasteiger partial charge in [0.1, 0.15) is 0 Å². The average molecular weight is 689 g/mol. The molecule has 0 spiro atoms. The first-order chi connectivity index (χ1) is 22.8. The minimum atomic E-state index is -0.715. The maximum atomic E-state index is 11.7. The Morgan fingerprint density at radius 3 is 1.98 bits per heavy atom. The average Bonchev–Trinajstić information content (AvgIpc) is 3.07. The number of aliphatic hydroxyl groups is 2. The highest BCUT2D eigenvalue weighted by atomic mass is 33.1. The Kier molecular flexibility index (Phi) is 30.6. The lowest BCUT2D eigenvalue weighted by Crippen LogP contribution is -2.45. The fourth-order valence-electron chi connectivity index (χ4n) is 3.44. The first-order valence-electron chi connectivity index (χ1n) is 16.3. The molecular formula is C36H56N4O5S2. The van der Waals surface area contributed by atoms with Gasteiger partial charge in [-0.05, 0) is 57.1 Å². The zero-order chi connectivity index (χ0) is 34.8. The molecule has 0 aliphatic heterocycles. The van der Waals surface area contributed by atoms with E-state index in [1.165, 1.54) is 12.4 Å². The van der Waals surface area contributed by atoms with E-state index in [1.54, 1.807) is 12.1 Å². The number of nitrogens with zero attached hydrogens (tertiary/aromatic N) is 1. The number of rotatable bonds is 24. The maximum Gasteiger partial charge on any atom is 0.253 e. The minimum Gasteiger partial charge on any atom is -0.394 e. The minimum absolute atomic E-state index is 0.174. The standard InChI is InChI=1S/C25H41NOS2.C11H15N3O4/c1-4-5-6-7-8-9-10-11-12-13-14-15-16-17-18-19-20-21-25(27)26-22-23-28-29-24(2)3;15-6-9(7-16)14-10(17)5-13-11(18)8-2-1-3-12-4-8/h5-6,8-9,11-12,14-15,17-18,24H,4,7,10,13,16,19-23H2,1-3H3,(H,26,27);1-4,9,15-16H,5-7H2,(H,13,18)(H,14,17)/b6-5-,9-8-,12-11-,15-14-,18-17-;. The van der Waals surface area contributed by atoms with Gasteiger partial charge in [0.2, 0.25) is 11.8 Å². The first-order valence-corrected chi connectivity index (χ1v) is 18.7. The highest BCUT2D eigenvalue weighted by molar-refractivity contribution is 8.76. The molecule has 0 saturated heterocycles. The molecule has 0 radical (unpaired) electrons. The van der Waals surface area contributed by atoms with E-state index in [9.17, 15) is 14.4 Å². The SMILES string of the molecule is CC/C=C\C/C=C\C/C=C\C/C=C\C/C=C\CCCC(=O)NCCSSC(C)C.O=C(CNC(=O)c1cccnc1)NC(CO)CO. The Bertz CT molecular complexity index is 1090. The van der Waals surface area contributed by atoms with E-state index in [-0.39, 0.29) is 25.7 Å². The lowest BCUT2D eigenvalue weighted by molar-refractivity contribution is -0.122. The number of hydrogen-bond donors (Lipinski definition) is 5. The third-order valence-corrected chi connectivity index (χ3v) is 8.79. The van der Waals surface area contributed by atoms with Crippen molar-refractivity contribution >= 4 is 39.3 Å². The van der Waals surface area contributed by atoms with Gasteiger partial charge in [-0.1, -0.05) is 103 Å². The van der Waals surface area contributed by atoms with Crippen LogP contribution >= 0.6 is 21.6 Å². The Morgan fingerprint density at radius 2 is 1.45 bits per heavy atom. The number of amides is 3. The van der Waals surface area contributed by atoms with Crippen molar-refractivity contribution in [1.82, 2.24) is 20.9 Å². The highest BCUT2D eigenvalue weighted by Gasteiger charge is 2.12. The van der Waals surface area contributed by atoms with Crippen LogP contribution in [0.25, 0.3) is 0 Å². The van der Waals surface area contributed by atoms with Crippen LogP contribution in [-0.4, -0.2) is 76.3 Å². The van der Waals surface area contributed by atoms with Gasteiger partial charge in [0.25, 0.3) is 5.91 Å². The summed E-state index contributed by atoms with van der Waals surface area (Å²) in [6, 6.07) is 2.47. The van der Waals surface area contributed by atoms with Gasteiger partial charge in [-0.3, -0.25) is 19.4 Å². The molecule has 0 fully saturated rings. The Balaban J connectivity index is 0.00000100. The number of aromatic nitrogens is 1. The van der Waals surface area contributed by atoms with E-state index in [0.29, 0.717) is 17.2 Å². The number of carbonyl (C=O) groups is 3. The van der Waals surface area contributed by atoms with Gasteiger partial charge in [0, 0.05) is 36.4 Å². The van der Waals surface area contributed by atoms with Gasteiger partial charge in [-0.2, -0.15) is 0 Å². The number of nitrogens with one attached hydrogen (secondary N) is 3. The predicted octanol–water partition coefficient (Wildman–Crippen LogP) is 6.09. The molecular weight excluding hydrogens is 633 g/mol. The summed E-state index contributed by atoms with van der Waals surface area (Å²) < 4.78 is 0. The van der Waals surface area contributed by atoms with Crippen molar-refractivity contribution in [3.8, 4) is 0 Å². The van der Waals surface area contributed by atoms with Crippen molar-refractivity contribution in [2.45, 2.75) is 83.4 Å². The van der Waals surface area contributed by atoms with E-state index in [1.807, 2.05) is 21.6 Å². The second-order valence-corrected chi connectivity index (χ2v) is 13.5. The summed E-state index contributed by atoms with van der Waals surface area (Å²) >= 11 is 0. The Morgan fingerprint density at radius 1 is 0.851 bits per heavy atom. The molecule has 0 aliphatic rings. The van der Waals surface area contributed by atoms with Crippen LogP contribution in [0.4, 0.5) is 0 Å². The zero-order valence-electron chi connectivity index (χ0n) is 28.3. The molecule has 0 aliphatic carbocycles. The number of unbranched alkanes of at least 4 members (excludes halogenated alkanes) is 1. The fourth-order valence-corrected chi connectivity index (χ4v) is 5.35. The molecule has 1 aromatic heterocycles. The molecule has 0 unspecified atom stereocenters. The molecule has 3 amide bonds. The van der Waals surface area contributed by atoms with Crippen molar-refractivity contribution in [1.29, 1.82) is 0 Å². The van der Waals surface area contributed by atoms with Crippen molar-refractivity contribution < 1.29 is 24.6 Å². The summed E-state index contributed by atoms with van der Waals surface area (Å²) in [6.45, 7) is 6.34. The topological polar surface area (TPSA) is 141 Å². The molecule has 262 valence electrons. The van der Waals surface area contributed by atoms with E-state index in [2.05, 4.69) is 102 Å². The smallest absolute Gasteiger partial charge is 0.253 e. The number of hydrogen-bond acceptors (Lipinski definition) is 8. The van der Waals surface area contributed by atoms with Gasteiger partial charge in [-0.15, -0.1) is 0 Å². The molecule has 9 nitrogen and oxygen atoms in total. The summed E-state index contributed by atoms with van der Waals surface area (Å²) in [5.41, 5.74) is 0.353. The normalized spacial score (nSPS) is 11.7. The molecule has 47 heavy (non-hydrogen) atoms. The number of pyridine rings is 1. The second kappa shape index (κ2) is 32.8. The third kappa shape index (κ3) is 30.0. The van der Waals surface area contributed by atoms with Gasteiger partial charge >= 0.3 is 0 Å². The van der Waals surface area contributed by atoms with Crippen LogP contribution in [0.15, 0.2) is 85.3 Å². The van der Waals surface area contributed by atoms with Crippen LogP contribution in [-0.2, 0) is 9.59 Å². The monoisotopic (exact) mass is 688 g/mol. The number of aliphatic hydroxyl groups excluding tert-OH is 2. The van der Waals surface area contributed by atoms with Gasteiger partial charge in [0.05, 0.1) is 31.4 Å². The van der Waals surface area contributed by atoms with Gasteiger partial charge in [-0.25, -0.2) is 0 Å². The van der Waals surface area contributed by atoms with Crippen molar-refractivity contribution in [2.24, 2.45) is 0 Å². The van der Waals surface area contributed by atoms with Crippen LogP contribution in [0.1, 0.15) is 82.5 Å². The van der Waals surface area contributed by atoms with Crippen LogP contribution < -0.4 is 16.0 Å². The lowest BCUT2D eigenvalue weighted by Gasteiger charge is -2.13. The molecule has 5 N–H and O–H groups in total. The van der Waals surface area contributed by atoms with E-state index >= 15 is 0 Å². The molecule has 1 rings (SSSR count). The molecule has 1 aromatic rings. The summed E-state index contributed by atoms with van der Waals surface area (Å²) in [7, 11) is 3.70. The van der Waals surface area contributed by atoms with Crippen LogP contribution in [0.5, 0.6) is 0 Å². The summed E-state index contributed by atoms with van der Waals surface area (Å²) in [6.07, 6.45) is 32.6. The van der Waals surface area contributed by atoms with Crippen molar-refractivity contribution in [3.05, 3.63) is 90.9 Å². The van der Waals surface area contributed by atoms with Gasteiger partial charge < -0.3 is 26.2 Å². The van der Waals surface area contributed by atoms with Gasteiger partial charge in [0.15, 0.2) is 0 Å². The van der Waals surface area contributed by atoms with Crippen molar-refractivity contribution in [2.75, 3.05) is 32.1 Å². The molecule has 0 aromatic carbocycles. The summed E-state index contributed by atoms with van der Waals surface area (Å²) in [5.74, 6) is 0.249. The van der Waals surface area contributed by atoms with Crippen LogP contribution in [0, 0.1) is 0 Å². The second-order valence-electron chi connectivity index (χ2n) is 10.5. The predicted molar refractivity (Wildman–Crippen MR) is 199 cm³/mol. The largest absolute Gasteiger partial charge is 0.394 e. The van der Waals surface area contributed by atoms with E-state index < -0.39 is 17.9 Å². The first kappa shape index (κ1) is 43.9. The molecule has 1 heterocycles. The third-order valence-electron chi connectivity index (χ3n) is 5.84. The molecule has 0 saturated carbocycles. The summed E-state index contributed by atoms with van der Waals surface area (Å²) in [5, 5.41) is 25.9. The quantitative estimate of drug-likeness (QED) is 0.0499. The highest BCUT2D eigenvalue weighted by Crippen LogP contribution is 2.25. The zero-order valence-corrected chi connectivity index (χ0v) is 29.9. The van der Waals surface area contributed by atoms with Crippen LogP contribution in [0.2, 0.25) is 0 Å². The number of allylic oxidation sites excluding steroid dienone is 10. The molecule has 11 heteroatoms. The van der Waals surface area contributed by atoms with Crippen LogP contribution in [0.3, 0.4) is 0 Å². The number of carbonyl (C=O) groups excluding carboxylic acids is 3. The van der Waals surface area contributed by atoms with Crippen molar-refractivity contribution in [3.63, 3.8) is 0 Å². The Labute approximate surface area is 290 Å². The lowest BCUT2D eigenvalue weighted by atomic mass is 10.2. The summed E-state index contributed by atoms with van der Waals surface area (Å²) in [4.78, 5) is 38.4. The van der Waals surface area contributed by atoms with E-state index in [4.69, 9.17) is 10.2 Å².